The monoisotopic (exact) mass is 335 g/mol. The van der Waals surface area contributed by atoms with Gasteiger partial charge in [0, 0.05) is 24.7 Å². The number of nitrogens with zero attached hydrogens (tertiary/aromatic N) is 3. The molecule has 0 aliphatic rings. The van der Waals surface area contributed by atoms with E-state index in [4.69, 9.17) is 11.6 Å². The van der Waals surface area contributed by atoms with Crippen LogP contribution < -0.4 is 0 Å². The topological polar surface area (TPSA) is 54.7 Å². The van der Waals surface area contributed by atoms with Crippen molar-refractivity contribution in [1.29, 1.82) is 0 Å². The Bertz CT molecular complexity index is 705. The Hall–Kier alpha value is -0.630. The number of hydrogen-bond donors (Lipinski definition) is 0. The molecular formula is C12H18ClN3O2S2. The lowest BCUT2D eigenvalue weighted by Gasteiger charge is -2.25. The second kappa shape index (κ2) is 5.63. The number of fused-ring (bicyclic) bond motifs is 1. The first-order valence-corrected chi connectivity index (χ1v) is 9.04. The standard InChI is InChI=1S/C12H18ClN3O2S2/c1-8(2)7-9(3)15(4)20(17,18)11-10(13)14-12-16(11)5-6-19-12/h5-6,8-9H,7H2,1-4H3. The summed E-state index contributed by atoms with van der Waals surface area (Å²) in [6, 6.07) is -0.0970. The van der Waals surface area contributed by atoms with E-state index in [9.17, 15) is 8.42 Å². The number of halogens is 1. The number of imidazole rings is 1. The van der Waals surface area contributed by atoms with E-state index in [1.165, 1.54) is 20.0 Å². The fourth-order valence-electron chi connectivity index (χ4n) is 2.17. The molecule has 2 aromatic rings. The van der Waals surface area contributed by atoms with Crippen LogP contribution in [-0.2, 0) is 10.0 Å². The Kier molecular flexibility index (Phi) is 4.44. The van der Waals surface area contributed by atoms with Gasteiger partial charge in [-0.15, -0.1) is 11.3 Å². The normalized spacial score (nSPS) is 14.6. The molecular weight excluding hydrogens is 318 g/mol. The summed E-state index contributed by atoms with van der Waals surface area (Å²) >= 11 is 7.37. The maximum absolute atomic E-state index is 12.7. The summed E-state index contributed by atoms with van der Waals surface area (Å²) in [5, 5.41) is 1.86. The van der Waals surface area contributed by atoms with E-state index in [-0.39, 0.29) is 16.2 Å². The van der Waals surface area contributed by atoms with Crippen LogP contribution >= 0.6 is 22.9 Å². The molecule has 0 radical (unpaired) electrons. The minimum Gasteiger partial charge on any atom is -0.279 e. The van der Waals surface area contributed by atoms with Gasteiger partial charge in [0.05, 0.1) is 0 Å². The molecule has 0 spiro atoms. The van der Waals surface area contributed by atoms with Crippen molar-refractivity contribution in [2.24, 2.45) is 5.92 Å². The first-order valence-electron chi connectivity index (χ1n) is 6.34. The van der Waals surface area contributed by atoms with Gasteiger partial charge in [-0.2, -0.15) is 4.31 Å². The first kappa shape index (κ1) is 15.8. The van der Waals surface area contributed by atoms with Gasteiger partial charge in [0.25, 0.3) is 10.0 Å². The third kappa shape index (κ3) is 2.72. The Morgan fingerprint density at radius 1 is 1.45 bits per heavy atom. The van der Waals surface area contributed by atoms with Crippen molar-refractivity contribution in [3.05, 3.63) is 16.7 Å². The molecule has 0 saturated carbocycles. The van der Waals surface area contributed by atoms with E-state index in [0.29, 0.717) is 10.9 Å². The summed E-state index contributed by atoms with van der Waals surface area (Å²) in [6.07, 6.45) is 2.46. The van der Waals surface area contributed by atoms with Gasteiger partial charge in [-0.1, -0.05) is 25.4 Å². The predicted octanol–water partition coefficient (Wildman–Crippen LogP) is 3.10. The number of sulfonamides is 1. The van der Waals surface area contributed by atoms with Crippen LogP contribution in [0.2, 0.25) is 5.15 Å². The highest BCUT2D eigenvalue weighted by Gasteiger charge is 2.32. The lowest BCUT2D eigenvalue weighted by molar-refractivity contribution is 0.336. The minimum atomic E-state index is -3.66. The highest BCUT2D eigenvalue weighted by Crippen LogP contribution is 2.28. The fraction of sp³-hybridized carbons (Fsp3) is 0.583. The third-order valence-corrected chi connectivity index (χ3v) is 6.36. The molecule has 2 heterocycles. The number of aromatic nitrogens is 2. The van der Waals surface area contributed by atoms with Crippen LogP contribution in [0.25, 0.3) is 4.96 Å². The Morgan fingerprint density at radius 2 is 2.10 bits per heavy atom. The summed E-state index contributed by atoms with van der Waals surface area (Å²) in [5.41, 5.74) is 0. The van der Waals surface area contributed by atoms with Crippen molar-refractivity contribution >= 4 is 37.9 Å². The minimum absolute atomic E-state index is 0.0282. The van der Waals surface area contributed by atoms with E-state index in [0.717, 1.165) is 6.42 Å². The molecule has 0 aromatic carbocycles. The molecule has 0 saturated heterocycles. The molecule has 20 heavy (non-hydrogen) atoms. The average Bonchev–Trinajstić information content (AvgIpc) is 2.85. The zero-order chi connectivity index (χ0) is 15.1. The van der Waals surface area contributed by atoms with Gasteiger partial charge in [-0.05, 0) is 19.3 Å². The van der Waals surface area contributed by atoms with Crippen LogP contribution in [0.4, 0.5) is 0 Å². The van der Waals surface area contributed by atoms with Gasteiger partial charge in [0.15, 0.2) is 15.1 Å². The summed E-state index contributed by atoms with van der Waals surface area (Å²) in [6.45, 7) is 6.04. The van der Waals surface area contributed by atoms with Crippen LogP contribution in [0.15, 0.2) is 16.6 Å². The van der Waals surface area contributed by atoms with Crippen molar-refractivity contribution in [2.75, 3.05) is 7.05 Å². The molecule has 0 aliphatic heterocycles. The van der Waals surface area contributed by atoms with Crippen molar-refractivity contribution < 1.29 is 8.42 Å². The zero-order valence-electron chi connectivity index (χ0n) is 11.9. The third-order valence-electron chi connectivity index (χ3n) is 3.24. The van der Waals surface area contributed by atoms with Gasteiger partial charge < -0.3 is 0 Å². The van der Waals surface area contributed by atoms with E-state index < -0.39 is 10.0 Å². The molecule has 2 rings (SSSR count). The van der Waals surface area contributed by atoms with Gasteiger partial charge in [-0.3, -0.25) is 4.40 Å². The van der Waals surface area contributed by atoms with E-state index in [2.05, 4.69) is 18.8 Å². The van der Waals surface area contributed by atoms with Gasteiger partial charge in [0.1, 0.15) is 0 Å². The molecule has 0 aliphatic carbocycles. The second-order valence-electron chi connectivity index (χ2n) is 5.26. The fourth-order valence-corrected chi connectivity index (χ4v) is 4.95. The molecule has 8 heteroatoms. The van der Waals surface area contributed by atoms with E-state index in [1.807, 2.05) is 6.92 Å². The SMILES string of the molecule is CC(C)CC(C)N(C)S(=O)(=O)c1c(Cl)nc2sccn12. The van der Waals surface area contributed by atoms with Crippen LogP contribution in [-0.4, -0.2) is 35.2 Å². The van der Waals surface area contributed by atoms with Crippen molar-refractivity contribution in [3.63, 3.8) is 0 Å². The summed E-state index contributed by atoms with van der Waals surface area (Å²) < 4.78 is 28.4. The zero-order valence-corrected chi connectivity index (χ0v) is 14.3. The average molecular weight is 336 g/mol. The van der Waals surface area contributed by atoms with Crippen molar-refractivity contribution in [2.45, 2.75) is 38.3 Å². The van der Waals surface area contributed by atoms with Crippen molar-refractivity contribution in [3.8, 4) is 0 Å². The smallest absolute Gasteiger partial charge is 0.262 e. The largest absolute Gasteiger partial charge is 0.279 e. The molecule has 0 fully saturated rings. The molecule has 0 bridgehead atoms. The summed E-state index contributed by atoms with van der Waals surface area (Å²) in [5.74, 6) is 0.421. The summed E-state index contributed by atoms with van der Waals surface area (Å²) in [7, 11) is -2.07. The first-order chi connectivity index (χ1) is 9.25. The molecule has 5 nitrogen and oxygen atoms in total. The molecule has 1 unspecified atom stereocenters. The van der Waals surface area contributed by atoms with Gasteiger partial charge in [-0.25, -0.2) is 13.4 Å². The maximum atomic E-state index is 12.7. The molecule has 1 atom stereocenters. The molecule has 112 valence electrons. The Labute approximate surface area is 128 Å². The highest BCUT2D eigenvalue weighted by atomic mass is 35.5. The highest BCUT2D eigenvalue weighted by molar-refractivity contribution is 7.89. The van der Waals surface area contributed by atoms with Crippen LogP contribution in [0.5, 0.6) is 0 Å². The predicted molar refractivity (Wildman–Crippen MR) is 81.9 cm³/mol. The van der Waals surface area contributed by atoms with Crippen LogP contribution in [0, 0.1) is 5.92 Å². The Balaban J connectivity index is 2.44. The van der Waals surface area contributed by atoms with Crippen molar-refractivity contribution in [1.82, 2.24) is 13.7 Å². The summed E-state index contributed by atoms with van der Waals surface area (Å²) in [4.78, 5) is 4.67. The molecule has 2 aromatic heterocycles. The van der Waals surface area contributed by atoms with E-state index in [1.54, 1.807) is 18.6 Å². The number of hydrogen-bond acceptors (Lipinski definition) is 4. The lowest BCUT2D eigenvalue weighted by Crippen LogP contribution is -2.36. The van der Waals surface area contributed by atoms with Gasteiger partial charge in [0.2, 0.25) is 0 Å². The number of rotatable bonds is 5. The quantitative estimate of drug-likeness (QED) is 0.843. The van der Waals surface area contributed by atoms with Crippen LogP contribution in [0.3, 0.4) is 0 Å². The van der Waals surface area contributed by atoms with E-state index >= 15 is 0 Å². The second-order valence-corrected chi connectivity index (χ2v) is 8.41. The maximum Gasteiger partial charge on any atom is 0.262 e. The molecule has 0 amide bonds. The van der Waals surface area contributed by atoms with Gasteiger partial charge >= 0.3 is 0 Å². The Morgan fingerprint density at radius 3 is 2.70 bits per heavy atom. The number of thiazole rings is 1. The molecule has 0 N–H and O–H groups in total. The van der Waals surface area contributed by atoms with Crippen LogP contribution in [0.1, 0.15) is 27.2 Å². The lowest BCUT2D eigenvalue weighted by atomic mass is 10.1.